The molecule has 1 aromatic carbocycles. The predicted molar refractivity (Wildman–Crippen MR) is 98.7 cm³/mol. The molecule has 1 amide bonds. The Morgan fingerprint density at radius 2 is 2.04 bits per heavy atom. The first-order valence-corrected chi connectivity index (χ1v) is 9.68. The second-order valence-corrected chi connectivity index (χ2v) is 7.37. The average molecular weight is 374 g/mol. The van der Waals surface area contributed by atoms with E-state index in [1.54, 1.807) is 11.3 Å². The number of ether oxygens (including phenoxy) is 3. The number of benzene rings is 1. The molecule has 1 aromatic heterocycles. The van der Waals surface area contributed by atoms with Gasteiger partial charge in [-0.2, -0.15) is 0 Å². The van der Waals surface area contributed by atoms with Crippen LogP contribution in [0.1, 0.15) is 16.5 Å². The fraction of sp³-hybridized carbons (Fsp3) is 0.421. The van der Waals surface area contributed by atoms with Crippen molar-refractivity contribution in [3.05, 3.63) is 46.2 Å². The average Bonchev–Trinajstić information content (AvgIpc) is 3.34. The third kappa shape index (κ3) is 4.00. The van der Waals surface area contributed by atoms with Crippen molar-refractivity contribution in [2.45, 2.75) is 12.5 Å². The van der Waals surface area contributed by atoms with Gasteiger partial charge in [-0.25, -0.2) is 0 Å². The first-order valence-electron chi connectivity index (χ1n) is 8.80. The normalized spacial score (nSPS) is 17.8. The summed E-state index contributed by atoms with van der Waals surface area (Å²) in [6.07, 6.45) is 0.425. The van der Waals surface area contributed by atoms with Crippen molar-refractivity contribution in [1.82, 2.24) is 10.2 Å². The number of thiophene rings is 1. The Balaban J connectivity index is 1.46. The standard InChI is InChI=1S/C19H22N2O4S/c22-19(11-15-2-1-9-26-15)20-12-16(21-5-7-23-8-6-21)14-3-4-17-18(10-14)25-13-24-17/h1-4,9-10,16H,5-8,11-13H2,(H,20,22)/t16-/m0/s1. The first kappa shape index (κ1) is 17.3. The van der Waals surface area contributed by atoms with Gasteiger partial charge in [0.2, 0.25) is 12.7 Å². The van der Waals surface area contributed by atoms with Crippen LogP contribution in [0.2, 0.25) is 0 Å². The number of nitrogens with zero attached hydrogens (tertiary/aromatic N) is 1. The summed E-state index contributed by atoms with van der Waals surface area (Å²) >= 11 is 1.61. The quantitative estimate of drug-likeness (QED) is 0.840. The van der Waals surface area contributed by atoms with Gasteiger partial charge in [0.1, 0.15) is 0 Å². The molecule has 1 fully saturated rings. The van der Waals surface area contributed by atoms with Gasteiger partial charge in [-0.05, 0) is 29.1 Å². The fourth-order valence-electron chi connectivity index (χ4n) is 3.31. The largest absolute Gasteiger partial charge is 0.454 e. The molecular formula is C19H22N2O4S. The smallest absolute Gasteiger partial charge is 0.231 e. The van der Waals surface area contributed by atoms with E-state index in [9.17, 15) is 4.79 Å². The molecule has 138 valence electrons. The topological polar surface area (TPSA) is 60.0 Å². The van der Waals surface area contributed by atoms with Crippen LogP contribution < -0.4 is 14.8 Å². The fourth-order valence-corrected chi connectivity index (χ4v) is 4.02. The van der Waals surface area contributed by atoms with Gasteiger partial charge in [0.25, 0.3) is 0 Å². The van der Waals surface area contributed by atoms with Crippen LogP contribution >= 0.6 is 11.3 Å². The van der Waals surface area contributed by atoms with Gasteiger partial charge in [-0.1, -0.05) is 12.1 Å². The van der Waals surface area contributed by atoms with Crippen molar-refractivity contribution in [3.8, 4) is 11.5 Å². The highest BCUT2D eigenvalue weighted by atomic mass is 32.1. The van der Waals surface area contributed by atoms with Gasteiger partial charge in [0, 0.05) is 24.5 Å². The molecule has 0 radical (unpaired) electrons. The molecule has 0 bridgehead atoms. The maximum absolute atomic E-state index is 12.3. The monoisotopic (exact) mass is 374 g/mol. The van der Waals surface area contributed by atoms with E-state index in [-0.39, 0.29) is 18.7 Å². The lowest BCUT2D eigenvalue weighted by Crippen LogP contribution is -2.44. The van der Waals surface area contributed by atoms with Crippen molar-refractivity contribution in [1.29, 1.82) is 0 Å². The molecule has 7 heteroatoms. The van der Waals surface area contributed by atoms with E-state index in [2.05, 4.69) is 16.3 Å². The molecule has 0 aliphatic carbocycles. The Morgan fingerprint density at radius 3 is 2.85 bits per heavy atom. The lowest BCUT2D eigenvalue weighted by Gasteiger charge is -2.35. The summed E-state index contributed by atoms with van der Waals surface area (Å²) < 4.78 is 16.4. The van der Waals surface area contributed by atoms with Gasteiger partial charge in [0.05, 0.1) is 25.7 Å². The number of fused-ring (bicyclic) bond motifs is 1. The van der Waals surface area contributed by atoms with Crippen molar-refractivity contribution in [3.63, 3.8) is 0 Å². The van der Waals surface area contributed by atoms with E-state index in [0.717, 1.165) is 35.0 Å². The van der Waals surface area contributed by atoms with E-state index < -0.39 is 0 Å². The van der Waals surface area contributed by atoms with E-state index in [1.165, 1.54) is 0 Å². The second-order valence-electron chi connectivity index (χ2n) is 6.34. The molecule has 1 atom stereocenters. The Hall–Kier alpha value is -2.09. The van der Waals surface area contributed by atoms with E-state index in [1.807, 2.05) is 29.6 Å². The highest BCUT2D eigenvalue weighted by molar-refractivity contribution is 7.10. The van der Waals surface area contributed by atoms with Crippen molar-refractivity contribution in [2.75, 3.05) is 39.6 Å². The zero-order valence-corrected chi connectivity index (χ0v) is 15.3. The van der Waals surface area contributed by atoms with Gasteiger partial charge in [-0.3, -0.25) is 9.69 Å². The lowest BCUT2D eigenvalue weighted by molar-refractivity contribution is -0.120. The summed E-state index contributed by atoms with van der Waals surface area (Å²) in [6, 6.07) is 10.1. The molecule has 2 aromatic rings. The van der Waals surface area contributed by atoms with Crippen LogP contribution in [0.5, 0.6) is 11.5 Å². The number of rotatable bonds is 6. The third-order valence-corrected chi connectivity index (χ3v) is 5.55. The van der Waals surface area contributed by atoms with Gasteiger partial charge < -0.3 is 19.5 Å². The van der Waals surface area contributed by atoms with Crippen LogP contribution in [-0.2, 0) is 16.0 Å². The van der Waals surface area contributed by atoms with E-state index in [4.69, 9.17) is 14.2 Å². The summed E-state index contributed by atoms with van der Waals surface area (Å²) in [5.74, 6) is 1.59. The summed E-state index contributed by atoms with van der Waals surface area (Å²) in [4.78, 5) is 15.8. The number of hydrogen-bond acceptors (Lipinski definition) is 6. The maximum Gasteiger partial charge on any atom is 0.231 e. The van der Waals surface area contributed by atoms with Crippen molar-refractivity contribution < 1.29 is 19.0 Å². The zero-order valence-electron chi connectivity index (χ0n) is 14.5. The molecule has 1 saturated heterocycles. The first-order chi connectivity index (χ1) is 12.8. The second kappa shape index (κ2) is 8.07. The predicted octanol–water partition coefficient (Wildman–Crippen LogP) is 2.21. The van der Waals surface area contributed by atoms with Gasteiger partial charge in [-0.15, -0.1) is 11.3 Å². The number of carbonyl (C=O) groups excluding carboxylic acids is 1. The summed E-state index contributed by atoms with van der Waals surface area (Å²) in [7, 11) is 0. The van der Waals surface area contributed by atoms with Crippen molar-refractivity contribution in [2.24, 2.45) is 0 Å². The van der Waals surface area contributed by atoms with Crippen molar-refractivity contribution >= 4 is 17.2 Å². The number of amides is 1. The molecule has 4 rings (SSSR count). The molecule has 3 heterocycles. The van der Waals surface area contributed by atoms with Crippen LogP contribution in [-0.4, -0.2) is 50.4 Å². The number of carbonyl (C=O) groups is 1. The lowest BCUT2D eigenvalue weighted by atomic mass is 10.0. The minimum atomic E-state index is 0.0476. The van der Waals surface area contributed by atoms with Gasteiger partial charge >= 0.3 is 0 Å². The molecule has 0 spiro atoms. The Labute approximate surface area is 156 Å². The summed E-state index contributed by atoms with van der Waals surface area (Å²) in [5, 5.41) is 5.09. The highest BCUT2D eigenvalue weighted by Crippen LogP contribution is 2.35. The van der Waals surface area contributed by atoms with Crippen LogP contribution in [0.3, 0.4) is 0 Å². The number of morpholine rings is 1. The van der Waals surface area contributed by atoms with E-state index in [0.29, 0.717) is 26.2 Å². The Kier molecular flexibility index (Phi) is 5.38. The van der Waals surface area contributed by atoms with Gasteiger partial charge in [0.15, 0.2) is 11.5 Å². The molecule has 26 heavy (non-hydrogen) atoms. The minimum Gasteiger partial charge on any atom is -0.454 e. The summed E-state index contributed by atoms with van der Waals surface area (Å²) in [6.45, 7) is 3.94. The summed E-state index contributed by atoms with van der Waals surface area (Å²) in [5.41, 5.74) is 1.12. The molecular weight excluding hydrogens is 352 g/mol. The molecule has 2 aliphatic heterocycles. The molecule has 1 N–H and O–H groups in total. The molecule has 2 aliphatic rings. The molecule has 0 saturated carbocycles. The SMILES string of the molecule is O=C(Cc1cccs1)NC[C@@H](c1ccc2c(c1)OCO2)N1CCOCC1. The van der Waals surface area contributed by atoms with Crippen LogP contribution in [0.4, 0.5) is 0 Å². The molecule has 0 unspecified atom stereocenters. The van der Waals surface area contributed by atoms with Crippen LogP contribution in [0, 0.1) is 0 Å². The van der Waals surface area contributed by atoms with Crippen LogP contribution in [0.15, 0.2) is 35.7 Å². The minimum absolute atomic E-state index is 0.0476. The third-order valence-electron chi connectivity index (χ3n) is 4.68. The number of hydrogen-bond donors (Lipinski definition) is 1. The molecule has 6 nitrogen and oxygen atoms in total. The highest BCUT2D eigenvalue weighted by Gasteiger charge is 2.25. The Bertz CT molecular complexity index is 744. The van der Waals surface area contributed by atoms with E-state index >= 15 is 0 Å². The Morgan fingerprint density at radius 1 is 1.19 bits per heavy atom. The number of nitrogens with one attached hydrogen (secondary N) is 1. The maximum atomic E-state index is 12.3. The zero-order chi connectivity index (χ0) is 17.8. The van der Waals surface area contributed by atoms with Crippen LogP contribution in [0.25, 0.3) is 0 Å².